The summed E-state index contributed by atoms with van der Waals surface area (Å²) in [6.07, 6.45) is 3.81. The Kier molecular flexibility index (Phi) is 3.95. The average Bonchev–Trinajstić information content (AvgIpc) is 2.52. The van der Waals surface area contributed by atoms with E-state index in [2.05, 4.69) is 19.2 Å². The van der Waals surface area contributed by atoms with Crippen LogP contribution in [0.4, 0.5) is 0 Å². The van der Waals surface area contributed by atoms with E-state index in [-0.39, 0.29) is 6.04 Å². The third-order valence-corrected chi connectivity index (χ3v) is 2.33. The lowest BCUT2D eigenvalue weighted by molar-refractivity contribution is -0.131. The standard InChI is InChI=1S/C10H17NO3/c1-7(2)9-5-8(6-14-9)11-4-3-10(12)13/h3-4,7-9,11H,5-6H2,1-2H3,(H,12,13)/b4-3+. The molecule has 2 atom stereocenters. The Morgan fingerprint density at radius 1 is 1.64 bits per heavy atom. The van der Waals surface area contributed by atoms with Crippen LogP contribution in [0.3, 0.4) is 0 Å². The summed E-state index contributed by atoms with van der Waals surface area (Å²) in [5.74, 6) is -0.415. The van der Waals surface area contributed by atoms with Crippen LogP contribution in [0.5, 0.6) is 0 Å². The van der Waals surface area contributed by atoms with Gasteiger partial charge < -0.3 is 15.2 Å². The molecule has 1 saturated heterocycles. The minimum absolute atomic E-state index is 0.248. The topological polar surface area (TPSA) is 58.6 Å². The minimum atomic E-state index is -0.933. The van der Waals surface area contributed by atoms with Gasteiger partial charge in [-0.25, -0.2) is 4.79 Å². The molecule has 0 radical (unpaired) electrons. The SMILES string of the molecule is CC(C)C1CC(N/C=C/C(=O)O)CO1. The molecule has 0 saturated carbocycles. The summed E-state index contributed by atoms with van der Waals surface area (Å²) in [6.45, 7) is 4.91. The Morgan fingerprint density at radius 3 is 2.86 bits per heavy atom. The first-order valence-corrected chi connectivity index (χ1v) is 4.86. The second kappa shape index (κ2) is 5.00. The van der Waals surface area contributed by atoms with Gasteiger partial charge in [-0.05, 0) is 12.3 Å². The van der Waals surface area contributed by atoms with E-state index in [1.54, 1.807) is 0 Å². The van der Waals surface area contributed by atoms with E-state index >= 15 is 0 Å². The molecule has 0 aliphatic carbocycles. The van der Waals surface area contributed by atoms with Crippen molar-refractivity contribution in [2.24, 2.45) is 5.92 Å². The molecule has 1 aliphatic rings. The molecule has 0 amide bonds. The molecule has 0 bridgehead atoms. The number of carboxylic acid groups (broad SMARTS) is 1. The second-order valence-corrected chi connectivity index (χ2v) is 3.89. The van der Waals surface area contributed by atoms with Crippen LogP contribution < -0.4 is 5.32 Å². The molecular formula is C10H17NO3. The summed E-state index contributed by atoms with van der Waals surface area (Å²) in [5, 5.41) is 11.4. The highest BCUT2D eigenvalue weighted by molar-refractivity contribution is 5.79. The monoisotopic (exact) mass is 199 g/mol. The molecule has 2 unspecified atom stereocenters. The third-order valence-electron chi connectivity index (χ3n) is 2.33. The Balaban J connectivity index is 2.26. The first-order valence-electron chi connectivity index (χ1n) is 4.86. The molecule has 80 valence electrons. The molecule has 4 nitrogen and oxygen atoms in total. The van der Waals surface area contributed by atoms with Gasteiger partial charge in [0.2, 0.25) is 0 Å². The van der Waals surface area contributed by atoms with Gasteiger partial charge in [-0.2, -0.15) is 0 Å². The molecule has 14 heavy (non-hydrogen) atoms. The van der Waals surface area contributed by atoms with Crippen LogP contribution in [0.25, 0.3) is 0 Å². The van der Waals surface area contributed by atoms with E-state index in [0.29, 0.717) is 18.6 Å². The van der Waals surface area contributed by atoms with Gasteiger partial charge in [0.05, 0.1) is 18.8 Å². The summed E-state index contributed by atoms with van der Waals surface area (Å²) in [7, 11) is 0. The van der Waals surface area contributed by atoms with Crippen molar-refractivity contribution in [3.63, 3.8) is 0 Å². The zero-order chi connectivity index (χ0) is 10.6. The molecule has 1 rings (SSSR count). The molecular weight excluding hydrogens is 182 g/mol. The fourth-order valence-corrected chi connectivity index (χ4v) is 1.49. The summed E-state index contributed by atoms with van der Waals surface area (Å²) >= 11 is 0. The lowest BCUT2D eigenvalue weighted by Crippen LogP contribution is -2.25. The maximum absolute atomic E-state index is 10.2. The molecule has 1 fully saturated rings. The Hall–Kier alpha value is -1.03. The van der Waals surface area contributed by atoms with Crippen LogP contribution in [0.1, 0.15) is 20.3 Å². The summed E-state index contributed by atoms with van der Waals surface area (Å²) in [5.41, 5.74) is 0. The van der Waals surface area contributed by atoms with Crippen molar-refractivity contribution in [2.75, 3.05) is 6.61 Å². The maximum atomic E-state index is 10.2. The normalized spacial score (nSPS) is 27.4. The number of carbonyl (C=O) groups is 1. The van der Waals surface area contributed by atoms with Crippen molar-refractivity contribution in [3.8, 4) is 0 Å². The number of hydrogen-bond acceptors (Lipinski definition) is 3. The lowest BCUT2D eigenvalue weighted by atomic mass is 10.0. The summed E-state index contributed by atoms with van der Waals surface area (Å²) in [6, 6.07) is 0.248. The average molecular weight is 199 g/mol. The lowest BCUT2D eigenvalue weighted by Gasteiger charge is -2.12. The predicted octanol–water partition coefficient (Wildman–Crippen LogP) is 0.988. The number of nitrogens with one attached hydrogen (secondary N) is 1. The number of aliphatic carboxylic acids is 1. The highest BCUT2D eigenvalue weighted by atomic mass is 16.5. The van der Waals surface area contributed by atoms with E-state index < -0.39 is 5.97 Å². The van der Waals surface area contributed by atoms with Gasteiger partial charge >= 0.3 is 5.97 Å². The predicted molar refractivity (Wildman–Crippen MR) is 52.9 cm³/mol. The van der Waals surface area contributed by atoms with E-state index in [1.165, 1.54) is 6.20 Å². The van der Waals surface area contributed by atoms with Crippen LogP contribution in [-0.2, 0) is 9.53 Å². The van der Waals surface area contributed by atoms with Crippen molar-refractivity contribution in [1.82, 2.24) is 5.32 Å². The quantitative estimate of drug-likeness (QED) is 0.663. The highest BCUT2D eigenvalue weighted by Crippen LogP contribution is 2.19. The molecule has 2 N–H and O–H groups in total. The largest absolute Gasteiger partial charge is 0.478 e. The van der Waals surface area contributed by atoms with Crippen molar-refractivity contribution in [3.05, 3.63) is 12.3 Å². The van der Waals surface area contributed by atoms with Crippen LogP contribution in [0.2, 0.25) is 0 Å². The van der Waals surface area contributed by atoms with E-state index in [9.17, 15) is 4.79 Å². The molecule has 0 aromatic heterocycles. The molecule has 1 aliphatic heterocycles. The fourth-order valence-electron chi connectivity index (χ4n) is 1.49. The molecule has 0 aromatic rings. The maximum Gasteiger partial charge on any atom is 0.329 e. The van der Waals surface area contributed by atoms with Crippen molar-refractivity contribution in [2.45, 2.75) is 32.4 Å². The number of hydrogen-bond donors (Lipinski definition) is 2. The molecule has 0 spiro atoms. The van der Waals surface area contributed by atoms with Crippen LogP contribution in [0.15, 0.2) is 12.3 Å². The third kappa shape index (κ3) is 3.38. The van der Waals surface area contributed by atoms with E-state index in [0.717, 1.165) is 12.5 Å². The number of carboxylic acids is 1. The van der Waals surface area contributed by atoms with Crippen molar-refractivity contribution in [1.29, 1.82) is 0 Å². The van der Waals surface area contributed by atoms with Gasteiger partial charge in [-0.3, -0.25) is 0 Å². The Labute approximate surface area is 83.9 Å². The first kappa shape index (κ1) is 11.0. The van der Waals surface area contributed by atoms with Gasteiger partial charge in [-0.15, -0.1) is 0 Å². The highest BCUT2D eigenvalue weighted by Gasteiger charge is 2.26. The smallest absolute Gasteiger partial charge is 0.329 e. The van der Waals surface area contributed by atoms with Gasteiger partial charge in [0.25, 0.3) is 0 Å². The molecule has 4 heteroatoms. The van der Waals surface area contributed by atoms with E-state index in [4.69, 9.17) is 9.84 Å². The zero-order valence-corrected chi connectivity index (χ0v) is 8.56. The van der Waals surface area contributed by atoms with Crippen molar-refractivity contribution < 1.29 is 14.6 Å². The second-order valence-electron chi connectivity index (χ2n) is 3.89. The van der Waals surface area contributed by atoms with Gasteiger partial charge in [-0.1, -0.05) is 13.8 Å². The number of rotatable bonds is 4. The van der Waals surface area contributed by atoms with Crippen LogP contribution in [0, 0.1) is 5.92 Å². The zero-order valence-electron chi connectivity index (χ0n) is 8.56. The molecule has 1 heterocycles. The van der Waals surface area contributed by atoms with E-state index in [1.807, 2.05) is 0 Å². The summed E-state index contributed by atoms with van der Waals surface area (Å²) < 4.78 is 5.54. The number of ether oxygens (including phenoxy) is 1. The summed E-state index contributed by atoms with van der Waals surface area (Å²) in [4.78, 5) is 10.2. The van der Waals surface area contributed by atoms with Crippen LogP contribution >= 0.6 is 0 Å². The van der Waals surface area contributed by atoms with Crippen molar-refractivity contribution >= 4 is 5.97 Å². The minimum Gasteiger partial charge on any atom is -0.478 e. The Morgan fingerprint density at radius 2 is 2.36 bits per heavy atom. The fraction of sp³-hybridized carbons (Fsp3) is 0.700. The Bertz CT molecular complexity index is 225. The van der Waals surface area contributed by atoms with Gasteiger partial charge in [0, 0.05) is 12.3 Å². The molecule has 0 aromatic carbocycles. The van der Waals surface area contributed by atoms with Crippen LogP contribution in [-0.4, -0.2) is 29.8 Å². The van der Waals surface area contributed by atoms with Gasteiger partial charge in [0.15, 0.2) is 0 Å². The first-order chi connectivity index (χ1) is 6.59. The van der Waals surface area contributed by atoms with Gasteiger partial charge in [0.1, 0.15) is 0 Å².